The van der Waals surface area contributed by atoms with Gasteiger partial charge in [0, 0.05) is 25.2 Å². The van der Waals surface area contributed by atoms with E-state index in [9.17, 15) is 13.2 Å². The minimum atomic E-state index is -3.63. The first-order valence-corrected chi connectivity index (χ1v) is 10.1. The number of carbonyl (C=O) groups is 1. The van der Waals surface area contributed by atoms with Gasteiger partial charge in [0.15, 0.2) is 0 Å². The third-order valence-corrected chi connectivity index (χ3v) is 6.20. The molecule has 1 saturated heterocycles. The Morgan fingerprint density at radius 2 is 2.00 bits per heavy atom. The fraction of sp³-hybridized carbons (Fsp3) is 0.588. The number of aryl methyl sites for hydroxylation is 1. The van der Waals surface area contributed by atoms with E-state index < -0.39 is 10.0 Å². The van der Waals surface area contributed by atoms with Crippen molar-refractivity contribution < 1.29 is 17.9 Å². The summed E-state index contributed by atoms with van der Waals surface area (Å²) in [7, 11) is -3.63. The topological polar surface area (TPSA) is 102 Å². The van der Waals surface area contributed by atoms with Gasteiger partial charge in [0.05, 0.1) is 18.1 Å². The Kier molecular flexibility index (Phi) is 7.37. The monoisotopic (exact) mass is 369 g/mol. The van der Waals surface area contributed by atoms with E-state index in [1.807, 2.05) is 6.92 Å². The number of rotatable bonds is 8. The van der Waals surface area contributed by atoms with Crippen molar-refractivity contribution >= 4 is 15.9 Å². The molecule has 2 rings (SSSR count). The first-order chi connectivity index (χ1) is 12.0. The number of morpholine rings is 1. The Morgan fingerprint density at radius 3 is 2.64 bits per heavy atom. The Hall–Kier alpha value is -1.48. The number of amides is 1. The van der Waals surface area contributed by atoms with E-state index in [-0.39, 0.29) is 10.8 Å². The fourth-order valence-electron chi connectivity index (χ4n) is 2.73. The molecule has 1 aromatic carbocycles. The van der Waals surface area contributed by atoms with E-state index in [2.05, 4.69) is 5.32 Å². The Bertz CT molecular complexity index is 685. The zero-order valence-corrected chi connectivity index (χ0v) is 15.5. The molecule has 0 aliphatic carbocycles. The average Bonchev–Trinajstić information content (AvgIpc) is 2.65. The van der Waals surface area contributed by atoms with Crippen molar-refractivity contribution in [3.8, 4) is 0 Å². The summed E-state index contributed by atoms with van der Waals surface area (Å²) < 4.78 is 32.6. The van der Waals surface area contributed by atoms with Crippen LogP contribution in [0.1, 0.15) is 35.7 Å². The molecule has 25 heavy (non-hydrogen) atoms. The minimum Gasteiger partial charge on any atom is -0.379 e. The quantitative estimate of drug-likeness (QED) is 0.658. The summed E-state index contributed by atoms with van der Waals surface area (Å²) in [6, 6.07) is 4.89. The molecule has 7 nitrogen and oxygen atoms in total. The number of unbranched alkanes of at least 4 members (excludes halogenated alkanes) is 1. The number of sulfonamides is 1. The smallest absolute Gasteiger partial charge is 0.251 e. The Morgan fingerprint density at radius 1 is 1.28 bits per heavy atom. The lowest BCUT2D eigenvalue weighted by Crippen LogP contribution is -2.41. The van der Waals surface area contributed by atoms with E-state index >= 15 is 0 Å². The zero-order valence-electron chi connectivity index (χ0n) is 14.7. The SMILES string of the molecule is CCc1ccc(C(=O)NCCCCN)cc1S(=O)(=O)N1CCOCC1. The van der Waals surface area contributed by atoms with Gasteiger partial charge < -0.3 is 15.8 Å². The molecule has 0 bridgehead atoms. The van der Waals surface area contributed by atoms with Crippen LogP contribution in [0.4, 0.5) is 0 Å². The second-order valence-corrected chi connectivity index (χ2v) is 7.85. The number of nitrogens with two attached hydrogens (primary N) is 1. The van der Waals surface area contributed by atoms with Gasteiger partial charge in [-0.2, -0.15) is 4.31 Å². The van der Waals surface area contributed by atoms with Crippen molar-refractivity contribution in [2.24, 2.45) is 5.73 Å². The Labute approximate surface area is 149 Å². The fourth-order valence-corrected chi connectivity index (χ4v) is 4.45. The first-order valence-electron chi connectivity index (χ1n) is 8.69. The third kappa shape index (κ3) is 5.01. The van der Waals surface area contributed by atoms with Crippen LogP contribution in [0, 0.1) is 0 Å². The maximum atomic E-state index is 13.0. The molecule has 0 spiro atoms. The van der Waals surface area contributed by atoms with Crippen LogP contribution in [0.3, 0.4) is 0 Å². The van der Waals surface area contributed by atoms with Gasteiger partial charge in [-0.15, -0.1) is 0 Å². The predicted molar refractivity (Wildman–Crippen MR) is 96.0 cm³/mol. The highest BCUT2D eigenvalue weighted by Gasteiger charge is 2.28. The van der Waals surface area contributed by atoms with Crippen LogP contribution in [-0.4, -0.2) is 58.0 Å². The molecule has 140 valence electrons. The average molecular weight is 369 g/mol. The van der Waals surface area contributed by atoms with Crippen LogP contribution in [0.5, 0.6) is 0 Å². The number of benzene rings is 1. The van der Waals surface area contributed by atoms with Crippen molar-refractivity contribution in [1.82, 2.24) is 9.62 Å². The zero-order chi connectivity index (χ0) is 18.3. The minimum absolute atomic E-state index is 0.214. The van der Waals surface area contributed by atoms with Crippen LogP contribution in [0.15, 0.2) is 23.1 Å². The molecule has 1 heterocycles. The molecule has 8 heteroatoms. The molecule has 0 radical (unpaired) electrons. The van der Waals surface area contributed by atoms with Crippen LogP contribution >= 0.6 is 0 Å². The molecule has 1 amide bonds. The summed E-state index contributed by atoms with van der Waals surface area (Å²) in [6.07, 6.45) is 2.22. The van der Waals surface area contributed by atoms with Gasteiger partial charge in [-0.25, -0.2) is 8.42 Å². The van der Waals surface area contributed by atoms with Gasteiger partial charge in [-0.3, -0.25) is 4.79 Å². The summed E-state index contributed by atoms with van der Waals surface area (Å²) >= 11 is 0. The second kappa shape index (κ2) is 9.28. The summed E-state index contributed by atoms with van der Waals surface area (Å²) in [5.41, 5.74) is 6.51. The summed E-state index contributed by atoms with van der Waals surface area (Å²) in [5.74, 6) is -0.266. The van der Waals surface area contributed by atoms with Crippen molar-refractivity contribution in [2.45, 2.75) is 31.1 Å². The van der Waals surface area contributed by atoms with Gasteiger partial charge in [0.25, 0.3) is 5.91 Å². The molecule has 1 aliphatic heterocycles. The number of nitrogens with zero attached hydrogens (tertiary/aromatic N) is 1. The van der Waals surface area contributed by atoms with Crippen molar-refractivity contribution in [3.63, 3.8) is 0 Å². The van der Waals surface area contributed by atoms with Gasteiger partial charge in [0.1, 0.15) is 0 Å². The Balaban J connectivity index is 2.23. The van der Waals surface area contributed by atoms with E-state index in [0.717, 1.165) is 12.8 Å². The molecule has 1 aromatic rings. The summed E-state index contributed by atoms with van der Waals surface area (Å²) in [6.45, 7) is 4.46. The number of ether oxygens (including phenoxy) is 1. The lowest BCUT2D eigenvalue weighted by molar-refractivity contribution is 0.0730. The highest BCUT2D eigenvalue weighted by molar-refractivity contribution is 7.89. The highest BCUT2D eigenvalue weighted by atomic mass is 32.2. The number of nitrogens with one attached hydrogen (secondary N) is 1. The van der Waals surface area contributed by atoms with Crippen LogP contribution in [-0.2, 0) is 21.2 Å². The molecule has 0 unspecified atom stereocenters. The molecule has 0 atom stereocenters. The van der Waals surface area contributed by atoms with Gasteiger partial charge in [-0.05, 0) is 43.5 Å². The highest BCUT2D eigenvalue weighted by Crippen LogP contribution is 2.23. The summed E-state index contributed by atoms with van der Waals surface area (Å²) in [5, 5.41) is 2.81. The molecule has 1 aliphatic rings. The van der Waals surface area contributed by atoms with E-state index in [0.29, 0.717) is 56.9 Å². The summed E-state index contributed by atoms with van der Waals surface area (Å²) in [4.78, 5) is 12.5. The van der Waals surface area contributed by atoms with E-state index in [1.54, 1.807) is 12.1 Å². The number of hydrogen-bond acceptors (Lipinski definition) is 5. The van der Waals surface area contributed by atoms with Gasteiger partial charge >= 0.3 is 0 Å². The lowest BCUT2D eigenvalue weighted by atomic mass is 10.1. The van der Waals surface area contributed by atoms with E-state index in [1.165, 1.54) is 10.4 Å². The normalized spacial score (nSPS) is 15.9. The van der Waals surface area contributed by atoms with Gasteiger partial charge in [-0.1, -0.05) is 13.0 Å². The number of hydrogen-bond donors (Lipinski definition) is 2. The lowest BCUT2D eigenvalue weighted by Gasteiger charge is -2.27. The largest absolute Gasteiger partial charge is 0.379 e. The van der Waals surface area contributed by atoms with Gasteiger partial charge in [0.2, 0.25) is 10.0 Å². The molecular weight excluding hydrogens is 342 g/mol. The molecule has 0 aromatic heterocycles. The van der Waals surface area contributed by atoms with Crippen molar-refractivity contribution in [3.05, 3.63) is 29.3 Å². The van der Waals surface area contributed by atoms with Crippen LogP contribution in [0.2, 0.25) is 0 Å². The molecule has 1 fully saturated rings. The van der Waals surface area contributed by atoms with E-state index in [4.69, 9.17) is 10.5 Å². The maximum absolute atomic E-state index is 13.0. The second-order valence-electron chi connectivity index (χ2n) is 5.94. The first kappa shape index (κ1) is 19.8. The van der Waals surface area contributed by atoms with Crippen LogP contribution in [0.25, 0.3) is 0 Å². The molecule has 0 saturated carbocycles. The molecule has 3 N–H and O–H groups in total. The third-order valence-electron chi connectivity index (χ3n) is 4.21. The maximum Gasteiger partial charge on any atom is 0.251 e. The van der Waals surface area contributed by atoms with Crippen LogP contribution < -0.4 is 11.1 Å². The van der Waals surface area contributed by atoms with Crippen molar-refractivity contribution in [1.29, 1.82) is 0 Å². The van der Waals surface area contributed by atoms with Crippen molar-refractivity contribution in [2.75, 3.05) is 39.4 Å². The standard InChI is InChI=1S/C17H27N3O4S/c1-2-14-5-6-15(17(21)19-8-4-3-7-18)13-16(14)25(22,23)20-9-11-24-12-10-20/h5-6,13H,2-4,7-12,18H2,1H3,(H,19,21). The predicted octanol–water partition coefficient (Wildman–Crippen LogP) is 0.739. The molecular formula is C17H27N3O4S. The number of carbonyl (C=O) groups excluding carboxylic acids is 1.